The largest absolute Gasteiger partial charge is 0.506 e. The van der Waals surface area contributed by atoms with Crippen LogP contribution in [-0.2, 0) is 0 Å². The van der Waals surface area contributed by atoms with Gasteiger partial charge in [0.2, 0.25) is 0 Å². The van der Waals surface area contributed by atoms with Crippen LogP contribution in [0.1, 0.15) is 10.4 Å². The third-order valence-electron chi connectivity index (χ3n) is 1.39. The van der Waals surface area contributed by atoms with Gasteiger partial charge >= 0.3 is 6.03 Å². The molecule has 0 saturated heterocycles. The second-order valence-corrected chi connectivity index (χ2v) is 2.40. The molecule has 0 aliphatic heterocycles. The topological polar surface area (TPSA) is 105 Å². The van der Waals surface area contributed by atoms with E-state index in [9.17, 15) is 14.7 Å². The summed E-state index contributed by atoms with van der Waals surface area (Å²) in [5, 5.41) is 15.7. The first-order valence-electron chi connectivity index (χ1n) is 3.63. The Hall–Kier alpha value is -2.24. The molecular formula is C8H7N3O3. The molecule has 0 bridgehead atoms. The molecule has 1 aromatic rings. The lowest BCUT2D eigenvalue weighted by atomic mass is 10.2. The maximum Gasteiger partial charge on any atom is 0.356 e. The van der Waals surface area contributed by atoms with E-state index in [1.165, 1.54) is 18.2 Å². The molecular weight excluding hydrogens is 186 g/mol. The predicted molar refractivity (Wildman–Crippen MR) is 47.6 cm³/mol. The lowest BCUT2D eigenvalue weighted by Gasteiger charge is -1.96. The SMILES string of the molecule is NC(=O)/N=N/c1ccc(C=O)cc1O. The molecule has 6 nitrogen and oxygen atoms in total. The summed E-state index contributed by atoms with van der Waals surface area (Å²) in [6, 6.07) is 3.04. The van der Waals surface area contributed by atoms with Crippen molar-refractivity contribution in [2.75, 3.05) is 0 Å². The molecule has 1 aromatic carbocycles. The molecule has 2 amide bonds. The zero-order valence-electron chi connectivity index (χ0n) is 7.04. The van der Waals surface area contributed by atoms with Crippen molar-refractivity contribution in [3.63, 3.8) is 0 Å². The minimum atomic E-state index is -0.955. The third-order valence-corrected chi connectivity index (χ3v) is 1.39. The van der Waals surface area contributed by atoms with Gasteiger partial charge in [0, 0.05) is 5.56 Å². The number of primary amides is 1. The van der Waals surface area contributed by atoms with Crippen LogP contribution in [0.15, 0.2) is 28.4 Å². The van der Waals surface area contributed by atoms with Crippen molar-refractivity contribution in [2.24, 2.45) is 16.0 Å². The smallest absolute Gasteiger partial charge is 0.356 e. The van der Waals surface area contributed by atoms with Crippen molar-refractivity contribution in [1.29, 1.82) is 0 Å². The number of aldehydes is 1. The number of amides is 2. The molecule has 0 unspecified atom stereocenters. The third kappa shape index (κ3) is 2.37. The van der Waals surface area contributed by atoms with Crippen LogP contribution in [0.5, 0.6) is 5.75 Å². The molecule has 72 valence electrons. The lowest BCUT2D eigenvalue weighted by Crippen LogP contribution is -2.01. The summed E-state index contributed by atoms with van der Waals surface area (Å²) in [6.45, 7) is 0. The normalized spacial score (nSPS) is 10.3. The Balaban J connectivity index is 3.00. The molecule has 0 heterocycles. The maximum atomic E-state index is 10.3. The van der Waals surface area contributed by atoms with Gasteiger partial charge in [0.25, 0.3) is 0 Å². The number of benzene rings is 1. The first-order valence-corrected chi connectivity index (χ1v) is 3.63. The summed E-state index contributed by atoms with van der Waals surface area (Å²) in [5.41, 5.74) is 5.09. The number of nitrogens with two attached hydrogens (primary N) is 1. The van der Waals surface area contributed by atoms with Crippen molar-refractivity contribution < 1.29 is 14.7 Å². The summed E-state index contributed by atoms with van der Waals surface area (Å²) in [6.07, 6.45) is 0.578. The molecule has 6 heteroatoms. The van der Waals surface area contributed by atoms with Crippen molar-refractivity contribution >= 4 is 18.0 Å². The quantitative estimate of drug-likeness (QED) is 0.547. The standard InChI is InChI=1S/C8H7N3O3/c9-8(14)11-10-6-2-1-5(4-12)3-7(6)13/h1-4,13H,(H2,9,14)/b11-10+. The first-order chi connectivity index (χ1) is 6.63. The van der Waals surface area contributed by atoms with Crippen LogP contribution in [0.3, 0.4) is 0 Å². The van der Waals surface area contributed by atoms with Crippen molar-refractivity contribution in [3.8, 4) is 5.75 Å². The average Bonchev–Trinajstić information content (AvgIpc) is 2.15. The monoisotopic (exact) mass is 193 g/mol. The predicted octanol–water partition coefficient (Wildman–Crippen LogP) is 1.37. The molecule has 1 rings (SSSR count). The van der Waals surface area contributed by atoms with Crippen LogP contribution in [0, 0.1) is 0 Å². The molecule has 3 N–H and O–H groups in total. The van der Waals surface area contributed by atoms with Crippen LogP contribution in [0.25, 0.3) is 0 Å². The van der Waals surface area contributed by atoms with Crippen LogP contribution in [-0.4, -0.2) is 17.4 Å². The van der Waals surface area contributed by atoms with E-state index < -0.39 is 6.03 Å². The van der Waals surface area contributed by atoms with Gasteiger partial charge in [-0.2, -0.15) is 0 Å². The van der Waals surface area contributed by atoms with E-state index >= 15 is 0 Å². The Kier molecular flexibility index (Phi) is 2.90. The molecule has 0 spiro atoms. The number of hydrogen-bond donors (Lipinski definition) is 2. The maximum absolute atomic E-state index is 10.3. The molecule has 0 aliphatic carbocycles. The van der Waals surface area contributed by atoms with Gasteiger partial charge in [0.15, 0.2) is 0 Å². The number of aromatic hydroxyl groups is 1. The average molecular weight is 193 g/mol. The first kappa shape index (κ1) is 9.85. The van der Waals surface area contributed by atoms with E-state index in [4.69, 9.17) is 5.73 Å². The van der Waals surface area contributed by atoms with Crippen molar-refractivity contribution in [3.05, 3.63) is 23.8 Å². The van der Waals surface area contributed by atoms with Crippen LogP contribution in [0.2, 0.25) is 0 Å². The lowest BCUT2D eigenvalue weighted by molar-refractivity contribution is 0.112. The number of phenolic OH excluding ortho intramolecular Hbond substituents is 1. The molecule has 0 radical (unpaired) electrons. The number of carbonyl (C=O) groups excluding carboxylic acids is 2. The summed E-state index contributed by atoms with van der Waals surface area (Å²) < 4.78 is 0. The number of rotatable bonds is 2. The van der Waals surface area contributed by atoms with Gasteiger partial charge < -0.3 is 10.8 Å². The van der Waals surface area contributed by atoms with Crippen molar-refractivity contribution in [2.45, 2.75) is 0 Å². The highest BCUT2D eigenvalue weighted by atomic mass is 16.3. The Bertz CT molecular complexity index is 401. The Morgan fingerprint density at radius 3 is 2.71 bits per heavy atom. The highest BCUT2D eigenvalue weighted by Gasteiger charge is 2.01. The zero-order valence-corrected chi connectivity index (χ0v) is 7.04. The summed E-state index contributed by atoms with van der Waals surface area (Å²) in [4.78, 5) is 20.5. The minimum Gasteiger partial charge on any atom is -0.506 e. The van der Waals surface area contributed by atoms with Gasteiger partial charge in [-0.3, -0.25) is 4.79 Å². The molecule has 0 aliphatic rings. The fourth-order valence-electron chi connectivity index (χ4n) is 0.801. The van der Waals surface area contributed by atoms with Gasteiger partial charge in [0.05, 0.1) is 0 Å². The molecule has 0 fully saturated rings. The summed E-state index contributed by atoms with van der Waals surface area (Å²) in [7, 11) is 0. The molecule has 0 saturated carbocycles. The number of urea groups is 1. The second-order valence-electron chi connectivity index (χ2n) is 2.40. The van der Waals surface area contributed by atoms with E-state index in [0.29, 0.717) is 11.8 Å². The van der Waals surface area contributed by atoms with Gasteiger partial charge in [0.1, 0.15) is 17.7 Å². The molecule has 0 aromatic heterocycles. The van der Waals surface area contributed by atoms with E-state index in [1.54, 1.807) is 0 Å². The van der Waals surface area contributed by atoms with E-state index in [-0.39, 0.29) is 11.4 Å². The van der Waals surface area contributed by atoms with Gasteiger partial charge in [-0.25, -0.2) is 4.79 Å². The summed E-state index contributed by atoms with van der Waals surface area (Å²) in [5.74, 6) is -0.236. The van der Waals surface area contributed by atoms with Crippen LogP contribution < -0.4 is 5.73 Å². The van der Waals surface area contributed by atoms with Gasteiger partial charge in [-0.1, -0.05) is 5.11 Å². The molecule has 14 heavy (non-hydrogen) atoms. The zero-order chi connectivity index (χ0) is 10.6. The van der Waals surface area contributed by atoms with Crippen molar-refractivity contribution in [1.82, 2.24) is 0 Å². The highest BCUT2D eigenvalue weighted by molar-refractivity contribution is 5.77. The Labute approximate surface area is 79.1 Å². The van der Waals surface area contributed by atoms with Gasteiger partial charge in [-0.15, -0.1) is 5.11 Å². The highest BCUT2D eigenvalue weighted by Crippen LogP contribution is 2.26. The Morgan fingerprint density at radius 1 is 1.50 bits per heavy atom. The van der Waals surface area contributed by atoms with Crippen LogP contribution >= 0.6 is 0 Å². The second kappa shape index (κ2) is 4.13. The number of azo groups is 1. The van der Waals surface area contributed by atoms with Gasteiger partial charge in [-0.05, 0) is 18.2 Å². The number of phenols is 1. The molecule has 0 atom stereocenters. The fraction of sp³-hybridized carbons (Fsp3) is 0. The Morgan fingerprint density at radius 2 is 2.21 bits per heavy atom. The number of nitrogens with zero attached hydrogens (tertiary/aromatic N) is 2. The fourth-order valence-corrected chi connectivity index (χ4v) is 0.801. The minimum absolute atomic E-state index is 0.0781. The summed E-state index contributed by atoms with van der Waals surface area (Å²) >= 11 is 0. The number of hydrogen-bond acceptors (Lipinski definition) is 4. The van der Waals surface area contributed by atoms with Crippen LogP contribution in [0.4, 0.5) is 10.5 Å². The van der Waals surface area contributed by atoms with E-state index in [1.807, 2.05) is 0 Å². The number of carbonyl (C=O) groups is 2. The van der Waals surface area contributed by atoms with E-state index in [2.05, 4.69) is 10.2 Å². The van der Waals surface area contributed by atoms with E-state index in [0.717, 1.165) is 0 Å².